The summed E-state index contributed by atoms with van der Waals surface area (Å²) in [5, 5.41) is 2.57. The molecule has 0 aromatic carbocycles. The first-order valence-corrected chi connectivity index (χ1v) is 11.4. The first kappa shape index (κ1) is 43.3. The van der Waals surface area contributed by atoms with Crippen LogP contribution in [0.2, 0.25) is 0 Å². The number of nitrogens with zero attached hydrogens (tertiary/aromatic N) is 1. The smallest absolute Gasteiger partial charge is 0.748 e. The Morgan fingerprint density at radius 2 is 1.05 bits per heavy atom. The average Bonchev–Trinajstić information content (AvgIpc) is 2.61. The number of carbonyl (C=O) groups is 1. The second kappa shape index (κ2) is 13.9. The fourth-order valence-electron chi connectivity index (χ4n) is 1.90. The second-order valence-electron chi connectivity index (χ2n) is 6.58. The first-order chi connectivity index (χ1) is 15.9. The minimum atomic E-state index is -8.13. The van der Waals surface area contributed by atoms with Crippen molar-refractivity contribution in [3.8, 4) is 0 Å². The van der Waals surface area contributed by atoms with Gasteiger partial charge in [-0.2, -0.15) is 62.2 Å². The molecule has 220 valence electrons. The average molecular weight is 666 g/mol. The number of carbonyl (C=O) groups excluding carboxylic acids is 1. The van der Waals surface area contributed by atoms with Gasteiger partial charge in [-0.05, 0) is 0 Å². The fraction of sp³-hybridized carbons (Fsp3) is 0.833. The van der Waals surface area contributed by atoms with E-state index in [0.29, 0.717) is 0 Å². The van der Waals surface area contributed by atoms with Crippen molar-refractivity contribution in [3.63, 3.8) is 0 Å². The summed E-state index contributed by atoms with van der Waals surface area (Å²) >= 11 is 0. The van der Waals surface area contributed by atoms with Crippen LogP contribution in [0.5, 0.6) is 0 Å². The number of amides is 1. The van der Waals surface area contributed by atoms with Gasteiger partial charge in [-0.3, -0.25) is 0 Å². The Bertz CT molecular complexity index is 1060. The summed E-state index contributed by atoms with van der Waals surface area (Å²) < 4.78 is 235. The molecule has 0 bridgehead atoms. The van der Waals surface area contributed by atoms with Gasteiger partial charge in [0.15, 0.2) is 0 Å². The monoisotopic (exact) mass is 666 g/mol. The molecule has 0 aliphatic heterocycles. The van der Waals surface area contributed by atoms with Gasteiger partial charge in [0.05, 0.1) is 30.2 Å². The van der Waals surface area contributed by atoms with E-state index in [4.69, 9.17) is 0 Å². The molecule has 0 rings (SSSR count). The first-order valence-electron chi connectivity index (χ1n) is 8.24. The standard InChI is InChI=1S/C12H11F13N2O8S2.2Na/c13-7(14,8(15,16)9(17,18)10(19,20)11(21,22)12(23,24)25)1-2-35-6(28)27-26-5(3-36(29,30)31)4-37(32,33)34;;/h1-4H2,(H,27,28)(H,29,30,31)(H,32,33,34);;/q;2*+1/p-2. The third-order valence-electron chi connectivity index (χ3n) is 3.64. The normalized spacial score (nSPS) is 14.0. The van der Waals surface area contributed by atoms with Crippen molar-refractivity contribution in [2.24, 2.45) is 5.10 Å². The Hall–Kier alpha value is -0.150. The van der Waals surface area contributed by atoms with Crippen LogP contribution in [-0.2, 0) is 25.0 Å². The summed E-state index contributed by atoms with van der Waals surface area (Å²) in [7, 11) is -10.7. The van der Waals surface area contributed by atoms with Crippen molar-refractivity contribution in [1.29, 1.82) is 0 Å². The van der Waals surface area contributed by atoms with E-state index in [-0.39, 0.29) is 59.1 Å². The Balaban J connectivity index is -0.00000648. The maximum atomic E-state index is 13.5. The van der Waals surface area contributed by atoms with Gasteiger partial charge < -0.3 is 13.8 Å². The quantitative estimate of drug-likeness (QED) is 0.0732. The largest absolute Gasteiger partial charge is 1.00 e. The summed E-state index contributed by atoms with van der Waals surface area (Å²) in [6.45, 7) is -2.21. The van der Waals surface area contributed by atoms with Crippen molar-refractivity contribution >= 4 is 32.0 Å². The summed E-state index contributed by atoms with van der Waals surface area (Å²) in [5.41, 5.74) is -0.472. The Morgan fingerprint density at radius 1 is 0.692 bits per heavy atom. The van der Waals surface area contributed by atoms with Crippen molar-refractivity contribution in [2.75, 3.05) is 18.1 Å². The van der Waals surface area contributed by atoms with Crippen molar-refractivity contribution in [2.45, 2.75) is 42.2 Å². The van der Waals surface area contributed by atoms with Crippen LogP contribution < -0.4 is 64.5 Å². The Kier molecular flexibility index (Phi) is 15.4. The summed E-state index contributed by atoms with van der Waals surface area (Å²) in [6, 6.07) is 0. The van der Waals surface area contributed by atoms with Crippen LogP contribution in [0.15, 0.2) is 5.10 Å². The molecule has 0 fully saturated rings. The van der Waals surface area contributed by atoms with Gasteiger partial charge in [0.2, 0.25) is 0 Å². The predicted molar refractivity (Wildman–Crippen MR) is 86.5 cm³/mol. The Morgan fingerprint density at radius 3 is 1.38 bits per heavy atom. The van der Waals surface area contributed by atoms with Gasteiger partial charge in [0.25, 0.3) is 0 Å². The number of hydrazone groups is 1. The zero-order valence-electron chi connectivity index (χ0n) is 18.8. The van der Waals surface area contributed by atoms with Gasteiger partial charge in [-0.25, -0.2) is 27.1 Å². The van der Waals surface area contributed by atoms with E-state index >= 15 is 0 Å². The molecular weight excluding hydrogens is 657 g/mol. The zero-order chi connectivity index (χ0) is 30.1. The van der Waals surface area contributed by atoms with Crippen LogP contribution in [0.4, 0.5) is 61.9 Å². The molecule has 0 heterocycles. The third kappa shape index (κ3) is 10.9. The van der Waals surface area contributed by atoms with Crippen LogP contribution in [0.1, 0.15) is 6.42 Å². The van der Waals surface area contributed by atoms with Crippen molar-refractivity contribution in [1.82, 2.24) is 5.43 Å². The molecular formula is C12H9F13N2Na2O8S2. The molecule has 1 amide bonds. The maximum Gasteiger partial charge on any atom is 1.00 e. The van der Waals surface area contributed by atoms with Crippen LogP contribution >= 0.6 is 0 Å². The van der Waals surface area contributed by atoms with Gasteiger partial charge in [0, 0.05) is 0 Å². The van der Waals surface area contributed by atoms with E-state index in [9.17, 15) is 87.8 Å². The van der Waals surface area contributed by atoms with Crippen LogP contribution in [0, 0.1) is 0 Å². The Labute approximate surface area is 253 Å². The molecule has 0 aromatic rings. The van der Waals surface area contributed by atoms with Gasteiger partial charge in [-0.15, -0.1) is 0 Å². The molecule has 39 heavy (non-hydrogen) atoms. The van der Waals surface area contributed by atoms with Gasteiger partial charge in [0.1, 0.15) is 20.2 Å². The molecule has 0 aliphatic carbocycles. The molecule has 0 radical (unpaired) electrons. The fourth-order valence-corrected chi connectivity index (χ4v) is 3.18. The molecule has 0 atom stereocenters. The molecule has 0 unspecified atom stereocenters. The van der Waals surface area contributed by atoms with Crippen LogP contribution in [-0.4, -0.2) is 91.6 Å². The van der Waals surface area contributed by atoms with E-state index in [1.807, 2.05) is 0 Å². The van der Waals surface area contributed by atoms with Crippen molar-refractivity contribution < 1.29 is 152 Å². The summed E-state index contributed by atoms with van der Waals surface area (Å²) in [6.07, 6.45) is -12.8. The third-order valence-corrected chi connectivity index (χ3v) is 5.01. The maximum absolute atomic E-state index is 13.5. The molecule has 0 aliphatic rings. The molecule has 0 aromatic heterocycles. The van der Waals surface area contributed by atoms with E-state index in [1.165, 1.54) is 0 Å². The summed E-state index contributed by atoms with van der Waals surface area (Å²) in [5.74, 6) is -42.0. The number of hydrogen-bond acceptors (Lipinski definition) is 9. The predicted octanol–water partition coefficient (Wildman–Crippen LogP) is -3.70. The van der Waals surface area contributed by atoms with E-state index in [2.05, 4.69) is 9.84 Å². The van der Waals surface area contributed by atoms with E-state index in [1.54, 1.807) is 0 Å². The minimum Gasteiger partial charge on any atom is -0.748 e. The molecule has 0 saturated carbocycles. The second-order valence-corrected chi connectivity index (χ2v) is 9.39. The van der Waals surface area contributed by atoms with Gasteiger partial charge in [-0.1, -0.05) is 0 Å². The molecule has 1 N–H and O–H groups in total. The number of rotatable bonds is 12. The summed E-state index contributed by atoms with van der Waals surface area (Å²) in [4.78, 5) is 11.2. The molecule has 0 spiro atoms. The number of ether oxygens (including phenoxy) is 1. The molecule has 0 saturated heterocycles. The van der Waals surface area contributed by atoms with Crippen LogP contribution in [0.3, 0.4) is 0 Å². The molecule has 27 heteroatoms. The van der Waals surface area contributed by atoms with Gasteiger partial charge >= 0.3 is 101 Å². The van der Waals surface area contributed by atoms with Crippen molar-refractivity contribution in [3.05, 3.63) is 0 Å². The van der Waals surface area contributed by atoms with E-state index in [0.717, 1.165) is 5.43 Å². The minimum absolute atomic E-state index is 0. The van der Waals surface area contributed by atoms with E-state index < -0.39 is 92.4 Å². The van der Waals surface area contributed by atoms with Crippen LogP contribution in [0.25, 0.3) is 0 Å². The number of alkyl halides is 13. The molecule has 10 nitrogen and oxygen atoms in total. The number of halogens is 13. The SMILES string of the molecule is O=C(NN=C(CS(=O)(=O)[O-])CS(=O)(=O)[O-])OCCC(F)(F)C(F)(F)C(F)(F)C(F)(F)C(F)(F)C(F)(F)F.[Na+].[Na+]. The number of nitrogens with one attached hydrogen (secondary N) is 1. The zero-order valence-corrected chi connectivity index (χ0v) is 24.4. The topological polar surface area (TPSA) is 165 Å². The number of hydrogen-bond donors (Lipinski definition) is 1.